The van der Waals surface area contributed by atoms with Crippen molar-refractivity contribution >= 4 is 17.4 Å². The zero-order valence-corrected chi connectivity index (χ0v) is 9.93. The van der Waals surface area contributed by atoms with E-state index in [0.29, 0.717) is 10.6 Å². The van der Waals surface area contributed by atoms with Crippen LogP contribution >= 0.6 is 11.6 Å². The minimum absolute atomic E-state index is 0.0556. The van der Waals surface area contributed by atoms with Crippen LogP contribution in [0.1, 0.15) is 25.3 Å². The summed E-state index contributed by atoms with van der Waals surface area (Å²) in [6, 6.07) is 4.06. The van der Waals surface area contributed by atoms with Crippen molar-refractivity contribution in [2.45, 2.75) is 32.2 Å². The summed E-state index contributed by atoms with van der Waals surface area (Å²) in [5, 5.41) is 0.434. The molecule has 0 spiro atoms. The van der Waals surface area contributed by atoms with Gasteiger partial charge in [-0.3, -0.25) is 4.79 Å². The number of carbonyl (C=O) groups is 1. The summed E-state index contributed by atoms with van der Waals surface area (Å²) in [6.45, 7) is 1.91. The second kappa shape index (κ2) is 5.97. The Bertz CT molecular complexity index is 381. The minimum atomic E-state index is -0.400. The van der Waals surface area contributed by atoms with Crippen LogP contribution in [0.3, 0.4) is 0 Å². The van der Waals surface area contributed by atoms with Crippen LogP contribution in [0.15, 0.2) is 18.2 Å². The SMILES string of the molecule is CCC(N)CC(=O)Cc1cc(Cl)ccc1F. The molecule has 2 N–H and O–H groups in total. The number of carbonyl (C=O) groups excluding carboxylic acids is 1. The lowest BCUT2D eigenvalue weighted by atomic mass is 10.0. The molecule has 0 aliphatic carbocycles. The van der Waals surface area contributed by atoms with Gasteiger partial charge in [0.15, 0.2) is 0 Å². The predicted molar refractivity (Wildman–Crippen MR) is 63.0 cm³/mol. The van der Waals surface area contributed by atoms with Gasteiger partial charge in [0.1, 0.15) is 11.6 Å². The van der Waals surface area contributed by atoms with Gasteiger partial charge in [0.05, 0.1) is 0 Å². The Morgan fingerprint density at radius 2 is 2.25 bits per heavy atom. The van der Waals surface area contributed by atoms with E-state index < -0.39 is 5.82 Å². The summed E-state index contributed by atoms with van der Waals surface area (Å²) in [5.41, 5.74) is 5.99. The van der Waals surface area contributed by atoms with Gasteiger partial charge in [-0.2, -0.15) is 0 Å². The van der Waals surface area contributed by atoms with Crippen molar-refractivity contribution in [1.29, 1.82) is 0 Å². The van der Waals surface area contributed by atoms with Gasteiger partial charge in [0.25, 0.3) is 0 Å². The molecule has 2 nitrogen and oxygen atoms in total. The quantitative estimate of drug-likeness (QED) is 0.864. The molecule has 1 atom stereocenters. The van der Waals surface area contributed by atoms with E-state index in [9.17, 15) is 9.18 Å². The molecule has 0 aliphatic rings. The topological polar surface area (TPSA) is 43.1 Å². The van der Waals surface area contributed by atoms with Crippen molar-refractivity contribution in [3.8, 4) is 0 Å². The van der Waals surface area contributed by atoms with Crippen LogP contribution in [0.5, 0.6) is 0 Å². The van der Waals surface area contributed by atoms with Crippen LogP contribution < -0.4 is 5.73 Å². The number of Topliss-reactive ketones (excluding diaryl/α,β-unsaturated/α-hetero) is 1. The lowest BCUT2D eigenvalue weighted by Crippen LogP contribution is -2.23. The average molecular weight is 244 g/mol. The Morgan fingerprint density at radius 1 is 1.56 bits per heavy atom. The maximum absolute atomic E-state index is 13.3. The molecular weight excluding hydrogens is 229 g/mol. The second-order valence-corrected chi connectivity index (χ2v) is 4.26. The molecule has 1 unspecified atom stereocenters. The molecule has 16 heavy (non-hydrogen) atoms. The highest BCUT2D eigenvalue weighted by Crippen LogP contribution is 2.16. The fourth-order valence-corrected chi connectivity index (χ4v) is 1.59. The third kappa shape index (κ3) is 3.91. The molecule has 1 aromatic rings. The molecular formula is C12H15ClFNO. The first kappa shape index (κ1) is 13.1. The van der Waals surface area contributed by atoms with Crippen molar-refractivity contribution < 1.29 is 9.18 Å². The van der Waals surface area contributed by atoms with Crippen LogP contribution in [-0.4, -0.2) is 11.8 Å². The number of nitrogens with two attached hydrogens (primary N) is 1. The van der Waals surface area contributed by atoms with Gasteiger partial charge >= 0.3 is 0 Å². The van der Waals surface area contributed by atoms with Crippen molar-refractivity contribution in [1.82, 2.24) is 0 Å². The van der Waals surface area contributed by atoms with Gasteiger partial charge in [0.2, 0.25) is 0 Å². The van der Waals surface area contributed by atoms with E-state index in [4.69, 9.17) is 17.3 Å². The van der Waals surface area contributed by atoms with Crippen LogP contribution in [0, 0.1) is 5.82 Å². The molecule has 0 saturated carbocycles. The number of hydrogen-bond donors (Lipinski definition) is 1. The van der Waals surface area contributed by atoms with E-state index in [1.54, 1.807) is 0 Å². The van der Waals surface area contributed by atoms with Gasteiger partial charge < -0.3 is 5.73 Å². The summed E-state index contributed by atoms with van der Waals surface area (Å²) in [6.07, 6.45) is 1.08. The smallest absolute Gasteiger partial charge is 0.138 e. The zero-order chi connectivity index (χ0) is 12.1. The first-order chi connectivity index (χ1) is 7.52. The standard InChI is InChI=1S/C12H15ClFNO/c1-2-10(15)7-11(16)6-8-5-9(13)3-4-12(8)14/h3-5,10H,2,6-7,15H2,1H3. The molecule has 0 aromatic heterocycles. The molecule has 88 valence electrons. The van der Waals surface area contributed by atoms with Crippen molar-refractivity contribution in [3.63, 3.8) is 0 Å². The summed E-state index contributed by atoms with van der Waals surface area (Å²) in [7, 11) is 0. The molecule has 0 amide bonds. The van der Waals surface area contributed by atoms with Gasteiger partial charge in [-0.15, -0.1) is 0 Å². The molecule has 1 rings (SSSR count). The van der Waals surface area contributed by atoms with Crippen LogP contribution in [-0.2, 0) is 11.2 Å². The second-order valence-electron chi connectivity index (χ2n) is 3.82. The monoisotopic (exact) mass is 243 g/mol. The molecule has 0 bridgehead atoms. The van der Waals surface area contributed by atoms with Crippen LogP contribution in [0.4, 0.5) is 4.39 Å². The Kier molecular flexibility index (Phi) is 4.90. The highest BCUT2D eigenvalue weighted by atomic mass is 35.5. The summed E-state index contributed by atoms with van der Waals surface area (Å²) in [5.74, 6) is -0.460. The Morgan fingerprint density at radius 3 is 2.88 bits per heavy atom. The largest absolute Gasteiger partial charge is 0.327 e. The average Bonchev–Trinajstić information content (AvgIpc) is 2.23. The van der Waals surface area contributed by atoms with Crippen LogP contribution in [0.25, 0.3) is 0 Å². The fraction of sp³-hybridized carbons (Fsp3) is 0.417. The molecule has 0 radical (unpaired) electrons. The highest BCUT2D eigenvalue weighted by Gasteiger charge is 2.11. The van der Waals surface area contributed by atoms with E-state index in [1.807, 2.05) is 6.92 Å². The highest BCUT2D eigenvalue weighted by molar-refractivity contribution is 6.30. The molecule has 0 fully saturated rings. The first-order valence-electron chi connectivity index (χ1n) is 5.24. The van der Waals surface area contributed by atoms with Crippen LogP contribution in [0.2, 0.25) is 5.02 Å². The molecule has 0 aliphatic heterocycles. The Balaban J connectivity index is 2.65. The first-order valence-corrected chi connectivity index (χ1v) is 5.62. The van der Waals surface area contributed by atoms with Crippen molar-refractivity contribution in [2.24, 2.45) is 5.73 Å². The normalized spacial score (nSPS) is 12.5. The van der Waals surface area contributed by atoms with E-state index in [0.717, 1.165) is 6.42 Å². The van der Waals surface area contributed by atoms with Gasteiger partial charge in [-0.25, -0.2) is 4.39 Å². The third-order valence-corrected chi connectivity index (χ3v) is 2.64. The zero-order valence-electron chi connectivity index (χ0n) is 9.17. The van der Waals surface area contributed by atoms with E-state index in [1.165, 1.54) is 18.2 Å². The predicted octanol–water partition coefficient (Wildman–Crippen LogP) is 2.72. The third-order valence-electron chi connectivity index (χ3n) is 2.41. The van der Waals surface area contributed by atoms with Crippen molar-refractivity contribution in [2.75, 3.05) is 0 Å². The van der Waals surface area contributed by atoms with Gasteiger partial charge in [0, 0.05) is 23.9 Å². The van der Waals surface area contributed by atoms with Gasteiger partial charge in [-0.1, -0.05) is 18.5 Å². The molecule has 0 saturated heterocycles. The number of benzene rings is 1. The maximum atomic E-state index is 13.3. The van der Waals surface area contributed by atoms with E-state index in [2.05, 4.69) is 0 Å². The number of halogens is 2. The Labute approximate surface area is 99.6 Å². The molecule has 0 heterocycles. The summed E-state index contributed by atoms with van der Waals surface area (Å²) >= 11 is 5.73. The molecule has 4 heteroatoms. The Hall–Kier alpha value is -0.930. The maximum Gasteiger partial charge on any atom is 0.138 e. The van der Waals surface area contributed by atoms with Crippen molar-refractivity contribution in [3.05, 3.63) is 34.6 Å². The lowest BCUT2D eigenvalue weighted by molar-refractivity contribution is -0.118. The van der Waals surface area contributed by atoms with Gasteiger partial charge in [-0.05, 0) is 30.2 Å². The fourth-order valence-electron chi connectivity index (χ4n) is 1.40. The summed E-state index contributed by atoms with van der Waals surface area (Å²) < 4.78 is 13.3. The lowest BCUT2D eigenvalue weighted by Gasteiger charge is -2.08. The number of hydrogen-bond acceptors (Lipinski definition) is 2. The molecule has 1 aromatic carbocycles. The van der Waals surface area contributed by atoms with E-state index >= 15 is 0 Å². The summed E-state index contributed by atoms with van der Waals surface area (Å²) in [4.78, 5) is 11.6. The minimum Gasteiger partial charge on any atom is -0.327 e. The number of ketones is 1. The number of rotatable bonds is 5. The van der Waals surface area contributed by atoms with E-state index in [-0.39, 0.29) is 24.7 Å².